The Morgan fingerprint density at radius 1 is 0.333 bits per heavy atom. The first-order valence-corrected chi connectivity index (χ1v) is 19.0. The quantitative estimate of drug-likeness (QED) is 0.154. The molecule has 0 unspecified atom stereocenters. The molecule has 3 heteroatoms. The van der Waals surface area contributed by atoms with E-state index in [0.717, 1.165) is 33.8 Å². The average molecular weight is 645 g/mol. The van der Waals surface area contributed by atoms with E-state index in [2.05, 4.69) is 170 Å². The standard InChI is InChI=1S/2C22H22O.CH3.Al/c2*1-14-9-5-7-11-18(14)20-16(3)13-17(4)21(22(20)23)19-12-8-6-10-15(19)2;;/h2*5-13,23H,1-4H3;1H3;/q;;;+2/p-2. The molecule has 0 saturated carbocycles. The molecule has 0 aliphatic carbocycles. The molecule has 0 N–H and O–H groups in total. The highest BCUT2D eigenvalue weighted by Gasteiger charge is 2.33. The molecule has 0 radical (unpaired) electrons. The SMILES string of the molecule is Cc1ccccc1-c1c(C)cc(C)c(-c2ccccc2C)c1[O][Al]([CH3])[O]c1c(-c2ccccc2C)c(C)cc(C)c1-c1ccccc1C. The normalized spacial score (nSPS) is 11.0. The minimum atomic E-state index is -2.41. The van der Waals surface area contributed by atoms with Gasteiger partial charge in [0.25, 0.3) is 0 Å². The van der Waals surface area contributed by atoms with Crippen molar-refractivity contribution in [3.63, 3.8) is 0 Å². The van der Waals surface area contributed by atoms with Gasteiger partial charge in [0.1, 0.15) is 0 Å². The van der Waals surface area contributed by atoms with E-state index in [9.17, 15) is 0 Å². The zero-order chi connectivity index (χ0) is 34.1. The second kappa shape index (κ2) is 13.9. The van der Waals surface area contributed by atoms with Gasteiger partial charge in [-0.25, -0.2) is 0 Å². The molecular weight excluding hydrogens is 599 g/mol. The average Bonchev–Trinajstić information content (AvgIpc) is 3.04. The van der Waals surface area contributed by atoms with E-state index >= 15 is 0 Å². The van der Waals surface area contributed by atoms with Gasteiger partial charge in [0, 0.05) is 22.3 Å². The Morgan fingerprint density at radius 2 is 0.562 bits per heavy atom. The van der Waals surface area contributed by atoms with Crippen molar-refractivity contribution in [2.24, 2.45) is 0 Å². The third-order valence-corrected chi connectivity index (χ3v) is 10.7. The summed E-state index contributed by atoms with van der Waals surface area (Å²) in [4.78, 5) is 0. The highest BCUT2D eigenvalue weighted by Crippen LogP contribution is 2.48. The molecule has 0 heterocycles. The van der Waals surface area contributed by atoms with E-state index in [1.54, 1.807) is 0 Å². The molecule has 0 aromatic heterocycles. The lowest BCUT2D eigenvalue weighted by Gasteiger charge is -2.28. The van der Waals surface area contributed by atoms with Crippen molar-refractivity contribution in [2.75, 3.05) is 0 Å². The molecule has 0 aliphatic rings. The zero-order valence-electron chi connectivity index (χ0n) is 29.8. The van der Waals surface area contributed by atoms with Crippen LogP contribution in [0.25, 0.3) is 44.5 Å². The maximum Gasteiger partial charge on any atom is 0.853 e. The van der Waals surface area contributed by atoms with E-state index in [-0.39, 0.29) is 0 Å². The fraction of sp³-hybridized carbons (Fsp3) is 0.200. The molecule has 0 amide bonds. The Kier molecular flexibility index (Phi) is 9.66. The van der Waals surface area contributed by atoms with Crippen LogP contribution in [0.1, 0.15) is 44.5 Å². The smallest absolute Gasteiger partial charge is 0.611 e. The minimum Gasteiger partial charge on any atom is -0.611 e. The monoisotopic (exact) mass is 644 g/mol. The van der Waals surface area contributed by atoms with Crippen LogP contribution in [-0.2, 0) is 0 Å². The van der Waals surface area contributed by atoms with Gasteiger partial charge in [0.2, 0.25) is 0 Å². The Balaban J connectivity index is 1.58. The lowest BCUT2D eigenvalue weighted by atomic mass is 9.87. The molecule has 48 heavy (non-hydrogen) atoms. The van der Waals surface area contributed by atoms with Gasteiger partial charge in [-0.15, -0.1) is 0 Å². The molecule has 0 aliphatic heterocycles. The summed E-state index contributed by atoms with van der Waals surface area (Å²) in [5, 5.41) is 0. The van der Waals surface area contributed by atoms with Crippen LogP contribution in [0.2, 0.25) is 5.79 Å². The van der Waals surface area contributed by atoms with E-state index in [1.165, 1.54) is 66.8 Å². The largest absolute Gasteiger partial charge is 0.853 e. The van der Waals surface area contributed by atoms with E-state index < -0.39 is 14.8 Å². The topological polar surface area (TPSA) is 18.5 Å². The summed E-state index contributed by atoms with van der Waals surface area (Å²) in [6.45, 7) is 17.5. The molecule has 6 aromatic carbocycles. The fourth-order valence-corrected chi connectivity index (χ4v) is 8.43. The predicted octanol–water partition coefficient (Wildman–Crippen LogP) is 12.4. The van der Waals surface area contributed by atoms with Crippen LogP contribution in [0.5, 0.6) is 11.5 Å². The van der Waals surface area contributed by atoms with Crippen molar-refractivity contribution in [3.8, 4) is 56.0 Å². The van der Waals surface area contributed by atoms with Crippen LogP contribution < -0.4 is 7.58 Å². The summed E-state index contributed by atoms with van der Waals surface area (Å²) in [7, 11) is 0. The van der Waals surface area contributed by atoms with Crippen LogP contribution in [-0.4, -0.2) is 14.8 Å². The van der Waals surface area contributed by atoms with Gasteiger partial charge in [0.15, 0.2) is 0 Å². The van der Waals surface area contributed by atoms with Crippen LogP contribution in [0.15, 0.2) is 109 Å². The van der Waals surface area contributed by atoms with E-state index in [1.807, 2.05) is 0 Å². The Morgan fingerprint density at radius 3 is 0.792 bits per heavy atom. The van der Waals surface area contributed by atoms with Crippen molar-refractivity contribution < 1.29 is 7.58 Å². The van der Waals surface area contributed by atoms with Gasteiger partial charge >= 0.3 is 14.8 Å². The summed E-state index contributed by atoms with van der Waals surface area (Å²) in [5.74, 6) is 3.99. The van der Waals surface area contributed by atoms with Crippen LogP contribution in [0.3, 0.4) is 0 Å². The first-order valence-electron chi connectivity index (χ1n) is 16.9. The highest BCUT2D eigenvalue weighted by atomic mass is 27.2. The Hall–Kier alpha value is -4.55. The molecule has 0 bridgehead atoms. The zero-order valence-corrected chi connectivity index (χ0v) is 30.9. The first kappa shape index (κ1) is 33.4. The van der Waals surface area contributed by atoms with Crippen molar-refractivity contribution in [3.05, 3.63) is 154 Å². The number of hydrogen-bond acceptors (Lipinski definition) is 2. The van der Waals surface area contributed by atoms with Crippen LogP contribution in [0.4, 0.5) is 0 Å². The molecule has 0 saturated heterocycles. The fourth-order valence-electron chi connectivity index (χ4n) is 7.25. The molecule has 0 atom stereocenters. The van der Waals surface area contributed by atoms with Crippen molar-refractivity contribution in [2.45, 2.75) is 61.2 Å². The number of aryl methyl sites for hydroxylation is 8. The first-order chi connectivity index (χ1) is 23.1. The van der Waals surface area contributed by atoms with Crippen molar-refractivity contribution >= 4 is 14.8 Å². The number of benzene rings is 6. The van der Waals surface area contributed by atoms with Crippen molar-refractivity contribution in [1.29, 1.82) is 0 Å². The summed E-state index contributed by atoms with van der Waals surface area (Å²) in [5.41, 5.74) is 19.0. The van der Waals surface area contributed by atoms with Crippen LogP contribution in [0, 0.1) is 55.4 Å². The second-order valence-corrected chi connectivity index (χ2v) is 14.8. The summed E-state index contributed by atoms with van der Waals surface area (Å²) < 4.78 is 14.6. The second-order valence-electron chi connectivity index (χ2n) is 13.2. The minimum absolute atomic E-state index is 0.912. The molecular formula is C45H45AlO2. The molecule has 0 spiro atoms. The predicted molar refractivity (Wildman–Crippen MR) is 205 cm³/mol. The van der Waals surface area contributed by atoms with Gasteiger partial charge in [-0.1, -0.05) is 109 Å². The Bertz CT molecular complexity index is 1850. The summed E-state index contributed by atoms with van der Waals surface area (Å²) in [6.07, 6.45) is 0. The lowest BCUT2D eigenvalue weighted by molar-refractivity contribution is 0.434. The van der Waals surface area contributed by atoms with Gasteiger partial charge in [-0.2, -0.15) is 0 Å². The molecule has 6 aromatic rings. The Labute approximate surface area is 292 Å². The third kappa shape index (κ3) is 6.34. The maximum atomic E-state index is 7.30. The van der Waals surface area contributed by atoms with E-state index in [0.29, 0.717) is 0 Å². The molecule has 240 valence electrons. The lowest BCUT2D eigenvalue weighted by Crippen LogP contribution is -2.27. The van der Waals surface area contributed by atoms with E-state index in [4.69, 9.17) is 7.58 Å². The highest BCUT2D eigenvalue weighted by molar-refractivity contribution is 6.45. The van der Waals surface area contributed by atoms with Gasteiger partial charge in [-0.3, -0.25) is 0 Å². The molecule has 6 rings (SSSR count). The molecule has 2 nitrogen and oxygen atoms in total. The third-order valence-electron chi connectivity index (χ3n) is 9.58. The summed E-state index contributed by atoms with van der Waals surface area (Å²) in [6, 6.07) is 39.1. The van der Waals surface area contributed by atoms with Crippen LogP contribution >= 0.6 is 0 Å². The van der Waals surface area contributed by atoms with Crippen molar-refractivity contribution in [1.82, 2.24) is 0 Å². The maximum absolute atomic E-state index is 7.30. The summed E-state index contributed by atoms with van der Waals surface area (Å²) >= 11 is -2.41. The molecule has 0 fully saturated rings. The number of hydrogen-bond donors (Lipinski definition) is 0. The van der Waals surface area contributed by atoms with Gasteiger partial charge in [0.05, 0.1) is 11.5 Å². The van der Waals surface area contributed by atoms with Gasteiger partial charge < -0.3 is 7.58 Å². The van der Waals surface area contributed by atoms with Gasteiger partial charge in [-0.05, 0) is 128 Å². The number of rotatable bonds is 8.